The zero-order valence-electron chi connectivity index (χ0n) is 17.5. The highest BCUT2D eigenvalue weighted by Gasteiger charge is 2.27. The van der Waals surface area contributed by atoms with E-state index in [1.807, 2.05) is 25.1 Å². The third kappa shape index (κ3) is 3.31. The van der Waals surface area contributed by atoms with Gasteiger partial charge in [0, 0.05) is 20.1 Å². The van der Waals surface area contributed by atoms with Gasteiger partial charge in [-0.3, -0.25) is 18.7 Å². The van der Waals surface area contributed by atoms with E-state index in [9.17, 15) is 14.4 Å². The molecule has 10 heteroatoms. The summed E-state index contributed by atoms with van der Waals surface area (Å²) in [5.74, 6) is 0.404. The molecule has 162 valence electrons. The van der Waals surface area contributed by atoms with Crippen molar-refractivity contribution in [3.05, 3.63) is 44.6 Å². The first-order valence-electron chi connectivity index (χ1n) is 10.3. The Morgan fingerprint density at radius 2 is 1.97 bits per heavy atom. The Kier molecular flexibility index (Phi) is 4.81. The number of carbonyl (C=O) groups is 1. The normalized spacial score (nSPS) is 15.9. The van der Waals surface area contributed by atoms with Gasteiger partial charge in [0.15, 0.2) is 10.8 Å². The van der Waals surface area contributed by atoms with Crippen LogP contribution in [0, 0.1) is 6.92 Å². The molecule has 0 spiro atoms. The summed E-state index contributed by atoms with van der Waals surface area (Å²) < 4.78 is 8.45. The van der Waals surface area contributed by atoms with Crippen LogP contribution >= 0.6 is 11.3 Å². The molecule has 0 radical (unpaired) electrons. The van der Waals surface area contributed by atoms with Gasteiger partial charge in [-0.15, -0.1) is 0 Å². The van der Waals surface area contributed by atoms with E-state index < -0.39 is 5.69 Å². The third-order valence-corrected chi connectivity index (χ3v) is 6.91. The van der Waals surface area contributed by atoms with Crippen LogP contribution < -0.4 is 25.8 Å². The van der Waals surface area contributed by atoms with Crippen LogP contribution in [0.1, 0.15) is 18.4 Å². The predicted molar refractivity (Wildman–Crippen MR) is 120 cm³/mol. The summed E-state index contributed by atoms with van der Waals surface area (Å²) in [6.45, 7) is 4.30. The van der Waals surface area contributed by atoms with Gasteiger partial charge >= 0.3 is 5.69 Å². The molecule has 0 atom stereocenters. The molecule has 4 heterocycles. The minimum atomic E-state index is -0.540. The van der Waals surface area contributed by atoms with Crippen molar-refractivity contribution in [2.75, 3.05) is 36.0 Å². The molecule has 9 nitrogen and oxygen atoms in total. The zero-order valence-corrected chi connectivity index (χ0v) is 18.3. The number of amides is 1. The van der Waals surface area contributed by atoms with Gasteiger partial charge in [-0.1, -0.05) is 17.4 Å². The highest BCUT2D eigenvalue weighted by molar-refractivity contribution is 7.22. The Balaban J connectivity index is 1.56. The molecule has 31 heavy (non-hydrogen) atoms. The Hall–Kier alpha value is -3.14. The molecule has 0 N–H and O–H groups in total. The summed E-state index contributed by atoms with van der Waals surface area (Å²) in [7, 11) is 1.44. The second kappa shape index (κ2) is 7.52. The number of carbonyl (C=O) groups excluding carboxylic acids is 1. The molecule has 2 aromatic heterocycles. The summed E-state index contributed by atoms with van der Waals surface area (Å²) in [5, 5.41) is 0.726. The van der Waals surface area contributed by atoms with Crippen LogP contribution in [0.15, 0.2) is 27.8 Å². The molecule has 0 saturated carbocycles. The van der Waals surface area contributed by atoms with Gasteiger partial charge < -0.3 is 14.5 Å². The number of ether oxygens (including phenoxy) is 1. The Labute approximate surface area is 182 Å². The monoisotopic (exact) mass is 441 g/mol. The average molecular weight is 442 g/mol. The maximum atomic E-state index is 13.3. The van der Waals surface area contributed by atoms with Gasteiger partial charge in [-0.05, 0) is 37.5 Å². The lowest BCUT2D eigenvalue weighted by Gasteiger charge is -2.30. The fraction of sp³-hybridized carbons (Fsp3) is 0.429. The lowest BCUT2D eigenvalue weighted by Crippen LogP contribution is -2.44. The molecule has 1 aromatic carbocycles. The molecule has 0 unspecified atom stereocenters. The number of anilines is 2. The molecule has 0 aliphatic carbocycles. The molecule has 3 aromatic rings. The first kappa shape index (κ1) is 19.8. The fourth-order valence-corrected chi connectivity index (χ4v) is 5.23. The van der Waals surface area contributed by atoms with Crippen molar-refractivity contribution in [3.8, 4) is 5.75 Å². The number of fused-ring (bicyclic) bond motifs is 2. The van der Waals surface area contributed by atoms with Crippen molar-refractivity contribution in [3.63, 3.8) is 0 Å². The lowest BCUT2D eigenvalue weighted by atomic mass is 10.1. The maximum absolute atomic E-state index is 13.3. The summed E-state index contributed by atoms with van der Waals surface area (Å²) in [4.78, 5) is 47.3. The lowest BCUT2D eigenvalue weighted by molar-refractivity contribution is -0.119. The van der Waals surface area contributed by atoms with Crippen LogP contribution in [0.2, 0.25) is 0 Å². The number of rotatable bonds is 3. The van der Waals surface area contributed by atoms with E-state index in [1.54, 1.807) is 4.90 Å². The first-order chi connectivity index (χ1) is 14.9. The van der Waals surface area contributed by atoms with Crippen molar-refractivity contribution in [1.82, 2.24) is 14.1 Å². The van der Waals surface area contributed by atoms with Crippen molar-refractivity contribution in [2.24, 2.45) is 7.05 Å². The van der Waals surface area contributed by atoms with Crippen LogP contribution in [0.3, 0.4) is 0 Å². The van der Waals surface area contributed by atoms with E-state index in [4.69, 9.17) is 4.74 Å². The number of aryl methyl sites for hydroxylation is 1. The zero-order chi connectivity index (χ0) is 21.7. The molecule has 0 bridgehead atoms. The highest BCUT2D eigenvalue weighted by atomic mass is 32.1. The maximum Gasteiger partial charge on any atom is 0.332 e. The van der Waals surface area contributed by atoms with Gasteiger partial charge in [0.2, 0.25) is 5.91 Å². The molecular weight excluding hydrogens is 418 g/mol. The van der Waals surface area contributed by atoms with Crippen molar-refractivity contribution < 1.29 is 9.53 Å². The largest absolute Gasteiger partial charge is 0.490 e. The van der Waals surface area contributed by atoms with Crippen molar-refractivity contribution in [2.45, 2.75) is 26.3 Å². The van der Waals surface area contributed by atoms with Crippen molar-refractivity contribution >= 4 is 38.4 Å². The van der Waals surface area contributed by atoms with E-state index in [0.29, 0.717) is 29.3 Å². The quantitative estimate of drug-likeness (QED) is 0.612. The molecule has 1 fully saturated rings. The van der Waals surface area contributed by atoms with Crippen LogP contribution in [0.5, 0.6) is 5.75 Å². The number of hydrogen-bond donors (Lipinski definition) is 0. The SMILES string of the molecule is Cc1ccc2c(c1)N(C(=O)Cn1c(=O)n(C)c(=O)c3sc(N4CCCC4)nc31)CCO2. The van der Waals surface area contributed by atoms with E-state index in [1.165, 1.54) is 23.0 Å². The minimum Gasteiger partial charge on any atom is -0.490 e. The summed E-state index contributed by atoms with van der Waals surface area (Å²) in [6, 6.07) is 5.69. The number of benzene rings is 1. The number of thiazole rings is 1. The van der Waals surface area contributed by atoms with Gasteiger partial charge in [0.1, 0.15) is 23.6 Å². The summed E-state index contributed by atoms with van der Waals surface area (Å²) in [6.07, 6.45) is 2.16. The van der Waals surface area contributed by atoms with E-state index in [-0.39, 0.29) is 23.7 Å². The summed E-state index contributed by atoms with van der Waals surface area (Å²) >= 11 is 1.29. The second-order valence-corrected chi connectivity index (χ2v) is 8.92. The third-order valence-electron chi connectivity index (χ3n) is 5.82. The van der Waals surface area contributed by atoms with Crippen LogP contribution in [-0.4, -0.2) is 46.3 Å². The Bertz CT molecular complexity index is 1300. The number of nitrogens with zero attached hydrogens (tertiary/aromatic N) is 5. The van der Waals surface area contributed by atoms with E-state index >= 15 is 0 Å². The summed E-state index contributed by atoms with van der Waals surface area (Å²) in [5.41, 5.74) is 1.08. The topological polar surface area (TPSA) is 89.7 Å². The van der Waals surface area contributed by atoms with Gasteiger partial charge in [0.05, 0.1) is 12.2 Å². The number of hydrogen-bond acceptors (Lipinski definition) is 7. The van der Waals surface area contributed by atoms with Crippen LogP contribution in [0.25, 0.3) is 10.3 Å². The molecule has 1 saturated heterocycles. The second-order valence-electron chi connectivity index (χ2n) is 7.94. The smallest absolute Gasteiger partial charge is 0.332 e. The Morgan fingerprint density at radius 1 is 1.19 bits per heavy atom. The van der Waals surface area contributed by atoms with Gasteiger partial charge in [-0.25, -0.2) is 9.78 Å². The first-order valence-corrected chi connectivity index (χ1v) is 11.1. The molecule has 1 amide bonds. The molecule has 5 rings (SSSR count). The fourth-order valence-electron chi connectivity index (χ4n) is 4.13. The highest BCUT2D eigenvalue weighted by Crippen LogP contribution is 2.33. The van der Waals surface area contributed by atoms with Gasteiger partial charge in [-0.2, -0.15) is 0 Å². The average Bonchev–Trinajstić information content (AvgIpc) is 3.44. The predicted octanol–water partition coefficient (Wildman–Crippen LogP) is 1.49. The molecular formula is C21H23N5O4S. The van der Waals surface area contributed by atoms with Crippen molar-refractivity contribution in [1.29, 1.82) is 0 Å². The molecule has 2 aliphatic heterocycles. The van der Waals surface area contributed by atoms with Crippen LogP contribution in [0.4, 0.5) is 10.8 Å². The standard InChI is InChI=1S/C21H23N5O4S/c1-13-5-6-15-14(11-13)25(9-10-30-15)16(27)12-26-18-17(19(28)23(2)21(26)29)31-20(22-18)24-7-3-4-8-24/h5-6,11H,3-4,7-10,12H2,1-2H3. The van der Waals surface area contributed by atoms with Gasteiger partial charge in [0.25, 0.3) is 5.56 Å². The number of aromatic nitrogens is 3. The van der Waals surface area contributed by atoms with E-state index in [2.05, 4.69) is 9.88 Å². The Morgan fingerprint density at radius 3 is 2.74 bits per heavy atom. The minimum absolute atomic E-state index is 0.194. The van der Waals surface area contributed by atoms with Crippen LogP contribution in [-0.2, 0) is 18.4 Å². The molecule has 2 aliphatic rings. The van der Waals surface area contributed by atoms with E-state index in [0.717, 1.165) is 41.2 Å².